The van der Waals surface area contributed by atoms with Crippen LogP contribution < -0.4 is 11.3 Å². The van der Waals surface area contributed by atoms with Crippen LogP contribution in [0.2, 0.25) is 0 Å². The van der Waals surface area contributed by atoms with Crippen LogP contribution in [0.1, 0.15) is 39.4 Å². The standard InChI is InChI=1S/C18H22N2O/c1-12-4-3-5-13(2)17(12)9-18(20-19)14-6-7-15-10-21-11-16(15)8-14/h3-8,18,20H,9-11,19H2,1-2H3. The number of nitrogens with two attached hydrogens (primary N) is 1. The Morgan fingerprint density at radius 2 is 1.81 bits per heavy atom. The summed E-state index contributed by atoms with van der Waals surface area (Å²) >= 11 is 0. The van der Waals surface area contributed by atoms with Crippen LogP contribution in [0.4, 0.5) is 0 Å². The Labute approximate surface area is 126 Å². The van der Waals surface area contributed by atoms with Crippen LogP contribution in [-0.2, 0) is 24.4 Å². The molecule has 1 aliphatic heterocycles. The fraction of sp³-hybridized carbons (Fsp3) is 0.333. The van der Waals surface area contributed by atoms with Gasteiger partial charge in [0.1, 0.15) is 0 Å². The molecule has 2 aromatic carbocycles. The summed E-state index contributed by atoms with van der Waals surface area (Å²) in [6.45, 7) is 5.76. The van der Waals surface area contributed by atoms with E-state index in [1.807, 2.05) is 0 Å². The molecule has 0 bridgehead atoms. The topological polar surface area (TPSA) is 47.3 Å². The molecule has 21 heavy (non-hydrogen) atoms. The van der Waals surface area contributed by atoms with Crippen LogP contribution in [0.15, 0.2) is 36.4 Å². The average molecular weight is 282 g/mol. The van der Waals surface area contributed by atoms with Gasteiger partial charge in [0.05, 0.1) is 19.3 Å². The Morgan fingerprint density at radius 1 is 1.10 bits per heavy atom. The van der Waals surface area contributed by atoms with Gasteiger partial charge < -0.3 is 4.74 Å². The zero-order valence-electron chi connectivity index (χ0n) is 12.6. The van der Waals surface area contributed by atoms with Gasteiger partial charge in [0, 0.05) is 0 Å². The molecule has 0 radical (unpaired) electrons. The monoisotopic (exact) mass is 282 g/mol. The Balaban J connectivity index is 1.89. The smallest absolute Gasteiger partial charge is 0.0725 e. The Morgan fingerprint density at radius 3 is 2.52 bits per heavy atom. The van der Waals surface area contributed by atoms with Crippen molar-refractivity contribution in [2.45, 2.75) is 39.5 Å². The Hall–Kier alpha value is -1.68. The van der Waals surface area contributed by atoms with E-state index in [1.165, 1.54) is 33.4 Å². The fourth-order valence-electron chi connectivity index (χ4n) is 3.06. The second-order valence-corrected chi connectivity index (χ2v) is 5.81. The number of ether oxygens (including phenoxy) is 1. The maximum absolute atomic E-state index is 5.82. The molecule has 0 amide bonds. The highest BCUT2D eigenvalue weighted by atomic mass is 16.5. The summed E-state index contributed by atoms with van der Waals surface area (Å²) in [5, 5.41) is 0. The summed E-state index contributed by atoms with van der Waals surface area (Å²) in [6, 6.07) is 13.1. The van der Waals surface area contributed by atoms with Gasteiger partial charge in [0.15, 0.2) is 0 Å². The van der Waals surface area contributed by atoms with Crippen molar-refractivity contribution < 1.29 is 4.74 Å². The largest absolute Gasteiger partial charge is 0.372 e. The average Bonchev–Trinajstić information content (AvgIpc) is 2.94. The molecule has 1 aliphatic rings. The van der Waals surface area contributed by atoms with Crippen LogP contribution in [-0.4, -0.2) is 0 Å². The van der Waals surface area contributed by atoms with Crippen molar-refractivity contribution in [3.8, 4) is 0 Å². The lowest BCUT2D eigenvalue weighted by Gasteiger charge is -2.20. The molecule has 0 fully saturated rings. The number of hydrazine groups is 1. The summed E-state index contributed by atoms with van der Waals surface area (Å²) in [7, 11) is 0. The molecule has 0 spiro atoms. The molecule has 1 heterocycles. The van der Waals surface area contributed by atoms with Gasteiger partial charge in [-0.25, -0.2) is 0 Å². The molecule has 110 valence electrons. The Bertz CT molecular complexity index is 631. The highest BCUT2D eigenvalue weighted by molar-refractivity contribution is 5.38. The molecule has 0 aromatic heterocycles. The minimum absolute atomic E-state index is 0.121. The minimum Gasteiger partial charge on any atom is -0.372 e. The van der Waals surface area contributed by atoms with Gasteiger partial charge in [0.25, 0.3) is 0 Å². The van der Waals surface area contributed by atoms with E-state index in [9.17, 15) is 0 Å². The maximum Gasteiger partial charge on any atom is 0.0725 e. The fourth-order valence-corrected chi connectivity index (χ4v) is 3.06. The number of nitrogens with one attached hydrogen (secondary N) is 1. The molecule has 0 saturated carbocycles. The van der Waals surface area contributed by atoms with Crippen LogP contribution in [0.3, 0.4) is 0 Å². The van der Waals surface area contributed by atoms with E-state index in [2.05, 4.69) is 55.7 Å². The lowest BCUT2D eigenvalue weighted by molar-refractivity contribution is 0.134. The molecule has 1 atom stereocenters. The SMILES string of the molecule is Cc1cccc(C)c1CC(NN)c1ccc2c(c1)COC2. The molecule has 0 saturated heterocycles. The van der Waals surface area contributed by atoms with Crippen LogP contribution >= 0.6 is 0 Å². The lowest BCUT2D eigenvalue weighted by Crippen LogP contribution is -2.30. The first-order valence-corrected chi connectivity index (χ1v) is 7.39. The van der Waals surface area contributed by atoms with E-state index in [-0.39, 0.29) is 6.04 Å². The third-order valence-corrected chi connectivity index (χ3v) is 4.40. The number of rotatable bonds is 4. The summed E-state index contributed by atoms with van der Waals surface area (Å²) in [5.74, 6) is 5.82. The second kappa shape index (κ2) is 5.98. The first-order valence-electron chi connectivity index (χ1n) is 7.39. The third-order valence-electron chi connectivity index (χ3n) is 4.40. The van der Waals surface area contributed by atoms with Crippen molar-refractivity contribution in [2.24, 2.45) is 5.84 Å². The third kappa shape index (κ3) is 2.86. The van der Waals surface area contributed by atoms with E-state index in [4.69, 9.17) is 10.6 Å². The molecule has 3 nitrogen and oxygen atoms in total. The maximum atomic E-state index is 5.82. The van der Waals surface area contributed by atoms with Gasteiger partial charge in [-0.2, -0.15) is 0 Å². The van der Waals surface area contributed by atoms with Gasteiger partial charge in [-0.3, -0.25) is 11.3 Å². The Kier molecular flexibility index (Phi) is 4.06. The molecule has 3 N–H and O–H groups in total. The van der Waals surface area contributed by atoms with Crippen molar-refractivity contribution in [1.82, 2.24) is 5.43 Å². The van der Waals surface area contributed by atoms with E-state index in [1.54, 1.807) is 0 Å². The van der Waals surface area contributed by atoms with E-state index in [0.29, 0.717) is 6.61 Å². The molecular weight excluding hydrogens is 260 g/mol. The van der Waals surface area contributed by atoms with Crippen molar-refractivity contribution in [1.29, 1.82) is 0 Å². The second-order valence-electron chi connectivity index (χ2n) is 5.81. The van der Waals surface area contributed by atoms with Crippen LogP contribution in [0.5, 0.6) is 0 Å². The highest BCUT2D eigenvalue weighted by Gasteiger charge is 2.17. The van der Waals surface area contributed by atoms with Crippen LogP contribution in [0.25, 0.3) is 0 Å². The van der Waals surface area contributed by atoms with Gasteiger partial charge in [0.2, 0.25) is 0 Å². The summed E-state index contributed by atoms with van der Waals surface area (Å²) in [6.07, 6.45) is 0.897. The van der Waals surface area contributed by atoms with Crippen LogP contribution in [0, 0.1) is 13.8 Å². The normalized spacial score (nSPS) is 15.0. The zero-order chi connectivity index (χ0) is 14.8. The predicted octanol–water partition coefficient (Wildman–Crippen LogP) is 3.08. The number of aryl methyl sites for hydroxylation is 2. The van der Waals surface area contributed by atoms with Crippen molar-refractivity contribution in [3.05, 3.63) is 69.8 Å². The predicted molar refractivity (Wildman–Crippen MR) is 84.6 cm³/mol. The molecule has 0 aliphatic carbocycles. The van der Waals surface area contributed by atoms with E-state index in [0.717, 1.165) is 13.0 Å². The van der Waals surface area contributed by atoms with Gasteiger partial charge >= 0.3 is 0 Å². The van der Waals surface area contributed by atoms with Gasteiger partial charge in [-0.05, 0) is 53.6 Å². The van der Waals surface area contributed by atoms with Gasteiger partial charge in [-0.1, -0.05) is 36.4 Å². The molecule has 2 aromatic rings. The summed E-state index contributed by atoms with van der Waals surface area (Å²) in [4.78, 5) is 0. The number of fused-ring (bicyclic) bond motifs is 1. The number of hydrogen-bond donors (Lipinski definition) is 2. The number of hydrogen-bond acceptors (Lipinski definition) is 3. The molecule has 3 rings (SSSR count). The van der Waals surface area contributed by atoms with E-state index < -0.39 is 0 Å². The minimum atomic E-state index is 0.121. The summed E-state index contributed by atoms with van der Waals surface area (Å²) < 4.78 is 5.49. The van der Waals surface area contributed by atoms with Gasteiger partial charge in [-0.15, -0.1) is 0 Å². The quantitative estimate of drug-likeness (QED) is 0.669. The number of benzene rings is 2. The first kappa shape index (κ1) is 14.3. The van der Waals surface area contributed by atoms with Crippen molar-refractivity contribution in [2.75, 3.05) is 0 Å². The first-order chi connectivity index (χ1) is 10.2. The van der Waals surface area contributed by atoms with Crippen molar-refractivity contribution in [3.63, 3.8) is 0 Å². The molecule has 3 heteroatoms. The molecular formula is C18H22N2O. The summed E-state index contributed by atoms with van der Waals surface area (Å²) in [5.41, 5.74) is 10.8. The lowest BCUT2D eigenvalue weighted by atomic mass is 9.92. The van der Waals surface area contributed by atoms with E-state index >= 15 is 0 Å². The van der Waals surface area contributed by atoms with Crippen molar-refractivity contribution >= 4 is 0 Å². The highest BCUT2D eigenvalue weighted by Crippen LogP contribution is 2.27. The zero-order valence-corrected chi connectivity index (χ0v) is 12.6. The molecule has 1 unspecified atom stereocenters.